The van der Waals surface area contributed by atoms with Gasteiger partial charge in [-0.25, -0.2) is 0 Å². The van der Waals surface area contributed by atoms with Crippen LogP contribution in [0, 0.1) is 11.8 Å². The molecule has 1 unspecified atom stereocenters. The first-order valence-electron chi connectivity index (χ1n) is 9.86. The van der Waals surface area contributed by atoms with E-state index in [-0.39, 0.29) is 12.2 Å². The maximum atomic E-state index is 12.7. The molecular weight excluding hydrogens is 340 g/mol. The summed E-state index contributed by atoms with van der Waals surface area (Å²) in [5, 5.41) is 0. The minimum absolute atomic E-state index is 0.0541. The molecule has 5 heterocycles. The zero-order valence-electron chi connectivity index (χ0n) is 15.1. The lowest BCUT2D eigenvalue weighted by atomic mass is 9.79. The van der Waals surface area contributed by atoms with E-state index in [1.807, 2.05) is 47.4 Å². The molecule has 3 saturated heterocycles. The standard InChI is InChI=1S/C22H22N2O3/c25-21-17-4-2-1-3-15(17)12-24(21)16-5-6-19-20(11-16)27-22(26-19)18-13-23-9-7-14(18)8-10-23/h1-6,11,14,18,22H,7-10,12-13H2/t18?,22-/m1/s1. The fourth-order valence-corrected chi connectivity index (χ4v) is 5.09. The molecule has 138 valence electrons. The fourth-order valence-electron chi connectivity index (χ4n) is 5.09. The van der Waals surface area contributed by atoms with Crippen molar-refractivity contribution in [2.45, 2.75) is 25.7 Å². The van der Waals surface area contributed by atoms with Crippen molar-refractivity contribution in [3.63, 3.8) is 0 Å². The van der Waals surface area contributed by atoms with Crippen LogP contribution in [0.3, 0.4) is 0 Å². The molecule has 1 amide bonds. The third-order valence-corrected chi connectivity index (χ3v) is 6.60. The van der Waals surface area contributed by atoms with Crippen LogP contribution >= 0.6 is 0 Å². The Hall–Kier alpha value is -2.53. The number of ether oxygens (including phenoxy) is 2. The van der Waals surface area contributed by atoms with Gasteiger partial charge in [0.05, 0.1) is 6.54 Å². The summed E-state index contributed by atoms with van der Waals surface area (Å²) in [6.07, 6.45) is 2.29. The maximum Gasteiger partial charge on any atom is 0.258 e. The summed E-state index contributed by atoms with van der Waals surface area (Å²) in [4.78, 5) is 17.1. The van der Waals surface area contributed by atoms with Crippen LogP contribution in [0.5, 0.6) is 11.5 Å². The minimum atomic E-state index is -0.199. The number of anilines is 1. The number of piperidine rings is 3. The van der Waals surface area contributed by atoms with E-state index >= 15 is 0 Å². The lowest BCUT2D eigenvalue weighted by Gasteiger charge is -2.45. The van der Waals surface area contributed by atoms with Crippen molar-refractivity contribution in [2.75, 3.05) is 24.5 Å². The summed E-state index contributed by atoms with van der Waals surface area (Å²) in [6.45, 7) is 4.10. The van der Waals surface area contributed by atoms with Gasteiger partial charge in [0.15, 0.2) is 11.5 Å². The second-order valence-electron chi connectivity index (χ2n) is 8.09. The molecule has 3 fully saturated rings. The molecule has 2 aromatic rings. The number of rotatable bonds is 2. The van der Waals surface area contributed by atoms with Crippen molar-refractivity contribution >= 4 is 11.6 Å². The SMILES string of the molecule is O=C1c2ccccc2CN1c1ccc2c(c1)O[C@H](C1CN3CCC1CC3)O2. The Bertz CT molecular complexity index is 920. The van der Waals surface area contributed by atoms with Gasteiger partial charge in [-0.1, -0.05) is 18.2 Å². The van der Waals surface area contributed by atoms with E-state index in [1.54, 1.807) is 0 Å². The van der Waals surface area contributed by atoms with Crippen molar-refractivity contribution in [2.24, 2.45) is 11.8 Å². The first-order chi connectivity index (χ1) is 13.3. The highest BCUT2D eigenvalue weighted by atomic mass is 16.7. The molecule has 5 nitrogen and oxygen atoms in total. The van der Waals surface area contributed by atoms with Crippen LogP contribution in [0.1, 0.15) is 28.8 Å². The molecule has 2 aromatic carbocycles. The average Bonchev–Trinajstić information content (AvgIpc) is 3.30. The van der Waals surface area contributed by atoms with Crippen LogP contribution < -0.4 is 14.4 Å². The minimum Gasteiger partial charge on any atom is -0.451 e. The number of carbonyl (C=O) groups excluding carboxylic acids is 1. The fraction of sp³-hybridized carbons (Fsp3) is 0.409. The first kappa shape index (κ1) is 15.5. The highest BCUT2D eigenvalue weighted by Crippen LogP contribution is 2.44. The second kappa shape index (κ2) is 5.73. The summed E-state index contributed by atoms with van der Waals surface area (Å²) in [5.74, 6) is 2.74. The number of carbonyl (C=O) groups is 1. The number of benzene rings is 2. The summed E-state index contributed by atoms with van der Waals surface area (Å²) in [6, 6.07) is 13.7. The average molecular weight is 362 g/mol. The summed E-state index contributed by atoms with van der Waals surface area (Å²) in [7, 11) is 0. The molecule has 0 N–H and O–H groups in total. The van der Waals surface area contributed by atoms with Gasteiger partial charge in [-0.05, 0) is 55.6 Å². The zero-order chi connectivity index (χ0) is 18.0. The van der Waals surface area contributed by atoms with E-state index in [2.05, 4.69) is 4.90 Å². The van der Waals surface area contributed by atoms with Gasteiger partial charge < -0.3 is 19.3 Å². The third kappa shape index (κ3) is 2.38. The monoisotopic (exact) mass is 362 g/mol. The zero-order valence-corrected chi connectivity index (χ0v) is 15.1. The van der Waals surface area contributed by atoms with Crippen LogP contribution in [0.4, 0.5) is 5.69 Å². The molecule has 2 bridgehead atoms. The van der Waals surface area contributed by atoms with Gasteiger partial charge in [0, 0.05) is 29.8 Å². The number of hydrogen-bond acceptors (Lipinski definition) is 4. The first-order valence-corrected chi connectivity index (χ1v) is 9.86. The Morgan fingerprint density at radius 1 is 0.963 bits per heavy atom. The van der Waals surface area contributed by atoms with E-state index in [4.69, 9.17) is 9.47 Å². The van der Waals surface area contributed by atoms with Gasteiger partial charge in [0.1, 0.15) is 0 Å². The van der Waals surface area contributed by atoms with Gasteiger partial charge in [-0.2, -0.15) is 0 Å². The summed E-state index contributed by atoms with van der Waals surface area (Å²) in [5.41, 5.74) is 2.73. The molecule has 7 rings (SSSR count). The number of hydrogen-bond donors (Lipinski definition) is 0. The Kier molecular flexibility index (Phi) is 3.29. The van der Waals surface area contributed by atoms with E-state index < -0.39 is 0 Å². The quantitative estimate of drug-likeness (QED) is 0.822. The van der Waals surface area contributed by atoms with Crippen molar-refractivity contribution in [1.82, 2.24) is 4.90 Å². The van der Waals surface area contributed by atoms with Crippen molar-refractivity contribution < 1.29 is 14.3 Å². The second-order valence-corrected chi connectivity index (χ2v) is 8.09. The molecule has 0 spiro atoms. The number of nitrogens with zero attached hydrogens (tertiary/aromatic N) is 2. The molecule has 5 aliphatic rings. The molecule has 5 aliphatic heterocycles. The molecule has 0 radical (unpaired) electrons. The summed E-state index contributed by atoms with van der Waals surface area (Å²) >= 11 is 0. The van der Waals surface area contributed by atoms with Crippen molar-refractivity contribution in [3.8, 4) is 11.5 Å². The van der Waals surface area contributed by atoms with Crippen LogP contribution in [0.2, 0.25) is 0 Å². The predicted octanol–water partition coefficient (Wildman–Crippen LogP) is 3.29. The van der Waals surface area contributed by atoms with E-state index in [9.17, 15) is 4.79 Å². The predicted molar refractivity (Wildman–Crippen MR) is 101 cm³/mol. The van der Waals surface area contributed by atoms with Crippen LogP contribution in [0.15, 0.2) is 42.5 Å². The number of amides is 1. The van der Waals surface area contributed by atoms with Crippen LogP contribution in [0.25, 0.3) is 0 Å². The van der Waals surface area contributed by atoms with Gasteiger partial charge in [0.2, 0.25) is 6.29 Å². The van der Waals surface area contributed by atoms with E-state index in [0.29, 0.717) is 18.4 Å². The van der Waals surface area contributed by atoms with Crippen molar-refractivity contribution in [3.05, 3.63) is 53.6 Å². The van der Waals surface area contributed by atoms with Crippen LogP contribution in [-0.4, -0.2) is 36.7 Å². The molecule has 0 aromatic heterocycles. The Morgan fingerprint density at radius 2 is 1.78 bits per heavy atom. The Morgan fingerprint density at radius 3 is 2.56 bits per heavy atom. The van der Waals surface area contributed by atoms with Crippen molar-refractivity contribution in [1.29, 1.82) is 0 Å². The lowest BCUT2D eigenvalue weighted by Crippen LogP contribution is -2.53. The molecule has 5 heteroatoms. The smallest absolute Gasteiger partial charge is 0.258 e. The lowest BCUT2D eigenvalue weighted by molar-refractivity contribution is -0.0813. The topological polar surface area (TPSA) is 42.0 Å². The maximum absolute atomic E-state index is 12.7. The number of fused-ring (bicyclic) bond motifs is 5. The summed E-state index contributed by atoms with van der Waals surface area (Å²) < 4.78 is 12.4. The highest BCUT2D eigenvalue weighted by molar-refractivity contribution is 6.10. The van der Waals surface area contributed by atoms with Gasteiger partial charge in [0.25, 0.3) is 5.91 Å². The molecule has 27 heavy (non-hydrogen) atoms. The Labute approximate surface area is 158 Å². The molecular formula is C22H22N2O3. The van der Waals surface area contributed by atoms with Gasteiger partial charge in [-0.15, -0.1) is 0 Å². The van der Waals surface area contributed by atoms with Crippen LogP contribution in [-0.2, 0) is 6.54 Å². The van der Waals surface area contributed by atoms with E-state index in [1.165, 1.54) is 25.9 Å². The Balaban J connectivity index is 1.24. The largest absolute Gasteiger partial charge is 0.451 e. The normalized spacial score (nSPS) is 30.7. The highest BCUT2D eigenvalue weighted by Gasteiger charge is 2.43. The molecule has 2 atom stereocenters. The third-order valence-electron chi connectivity index (χ3n) is 6.60. The molecule has 0 saturated carbocycles. The van der Waals surface area contributed by atoms with Gasteiger partial charge in [-0.3, -0.25) is 4.79 Å². The van der Waals surface area contributed by atoms with E-state index in [0.717, 1.165) is 34.9 Å². The van der Waals surface area contributed by atoms with Gasteiger partial charge >= 0.3 is 0 Å². The molecule has 0 aliphatic carbocycles.